The molecular weight excluding hydrogens is 200 g/mol. The minimum absolute atomic E-state index is 0.729. The van der Waals surface area contributed by atoms with Gasteiger partial charge in [-0.25, -0.2) is 0 Å². The van der Waals surface area contributed by atoms with E-state index in [0.717, 1.165) is 11.8 Å². The lowest BCUT2D eigenvalue weighted by molar-refractivity contribution is -0.147. The highest BCUT2D eigenvalue weighted by molar-refractivity contribution is 5.88. The lowest BCUT2D eigenvalue weighted by atomic mass is 10.2. The first kappa shape index (κ1) is 12.8. The van der Waals surface area contributed by atoms with Crippen LogP contribution >= 0.6 is 0 Å². The average molecular weight is 210 g/mol. The quantitative estimate of drug-likeness (QED) is 0.574. The summed E-state index contributed by atoms with van der Waals surface area (Å²) >= 11 is 0. The van der Waals surface area contributed by atoms with Crippen molar-refractivity contribution in [2.75, 3.05) is 0 Å². The van der Waals surface area contributed by atoms with Crippen LogP contribution in [0.4, 0.5) is 0 Å². The van der Waals surface area contributed by atoms with E-state index in [9.17, 15) is 14.4 Å². The second-order valence-electron chi connectivity index (χ2n) is 2.49. The lowest BCUT2D eigenvalue weighted by Gasteiger charge is -1.81. The summed E-state index contributed by atoms with van der Waals surface area (Å²) in [6.07, 6.45) is 0.0278. The van der Waals surface area contributed by atoms with Crippen molar-refractivity contribution in [2.45, 2.75) is 6.42 Å². The number of carbonyl (C=O) groups excluding carboxylic acids is 1. The van der Waals surface area contributed by atoms with E-state index in [1.807, 2.05) is 18.2 Å². The monoisotopic (exact) mass is 210 g/mol. The van der Waals surface area contributed by atoms with Gasteiger partial charge in [0.15, 0.2) is 0 Å². The Morgan fingerprint density at radius 2 is 1.53 bits per heavy atom. The standard InChI is InChI=1S/C7H6O.C3H4O4/c8-6-7-4-2-1-3-5-7;4-2(5)1-3(6)7/h1-6H;1H2,(H,4,5)(H,6,7). The first-order valence-corrected chi connectivity index (χ1v) is 4.00. The fraction of sp³-hybridized carbons (Fsp3) is 0.100. The van der Waals surface area contributed by atoms with Gasteiger partial charge in [0.2, 0.25) is 0 Å². The molecule has 0 unspecified atom stereocenters. The third-order valence-electron chi connectivity index (χ3n) is 1.24. The van der Waals surface area contributed by atoms with Crippen LogP contribution in [0.2, 0.25) is 0 Å². The molecule has 0 spiro atoms. The van der Waals surface area contributed by atoms with Crippen molar-refractivity contribution >= 4 is 18.2 Å². The molecule has 0 amide bonds. The zero-order valence-electron chi connectivity index (χ0n) is 7.79. The van der Waals surface area contributed by atoms with E-state index in [2.05, 4.69) is 0 Å². The molecule has 0 aromatic heterocycles. The van der Waals surface area contributed by atoms with Gasteiger partial charge < -0.3 is 10.2 Å². The highest BCUT2D eigenvalue weighted by Crippen LogP contribution is 1.91. The third-order valence-corrected chi connectivity index (χ3v) is 1.24. The van der Waals surface area contributed by atoms with Crippen molar-refractivity contribution in [3.8, 4) is 0 Å². The summed E-state index contributed by atoms with van der Waals surface area (Å²) in [6.45, 7) is 0. The van der Waals surface area contributed by atoms with Crippen molar-refractivity contribution < 1.29 is 24.6 Å². The smallest absolute Gasteiger partial charge is 0.314 e. The Morgan fingerprint density at radius 1 is 1.07 bits per heavy atom. The largest absolute Gasteiger partial charge is 0.481 e. The molecule has 0 fully saturated rings. The lowest BCUT2D eigenvalue weighted by Crippen LogP contribution is -2.03. The average Bonchev–Trinajstić information content (AvgIpc) is 2.18. The second kappa shape index (κ2) is 7.25. The zero-order chi connectivity index (χ0) is 11.7. The van der Waals surface area contributed by atoms with Gasteiger partial charge in [-0.05, 0) is 0 Å². The summed E-state index contributed by atoms with van der Waals surface area (Å²) in [7, 11) is 0. The SMILES string of the molecule is O=C(O)CC(=O)O.O=Cc1ccccc1. The number of benzene rings is 1. The Bertz CT molecular complexity index is 319. The first-order valence-electron chi connectivity index (χ1n) is 4.00. The second-order valence-corrected chi connectivity index (χ2v) is 2.49. The van der Waals surface area contributed by atoms with Gasteiger partial charge in [0, 0.05) is 5.56 Å². The maximum absolute atomic E-state index is 10.0. The Balaban J connectivity index is 0.000000265. The van der Waals surface area contributed by atoms with Gasteiger partial charge in [-0.15, -0.1) is 0 Å². The molecule has 80 valence electrons. The van der Waals surface area contributed by atoms with Crippen LogP contribution in [0.15, 0.2) is 30.3 Å². The van der Waals surface area contributed by atoms with Gasteiger partial charge in [0.25, 0.3) is 0 Å². The maximum Gasteiger partial charge on any atom is 0.314 e. The van der Waals surface area contributed by atoms with E-state index in [1.165, 1.54) is 0 Å². The van der Waals surface area contributed by atoms with Crippen molar-refractivity contribution in [3.05, 3.63) is 35.9 Å². The Kier molecular flexibility index (Phi) is 6.20. The zero-order valence-corrected chi connectivity index (χ0v) is 7.79. The van der Waals surface area contributed by atoms with Gasteiger partial charge in [0.1, 0.15) is 12.7 Å². The van der Waals surface area contributed by atoms with Crippen LogP contribution in [0.25, 0.3) is 0 Å². The molecule has 1 rings (SSSR count). The summed E-state index contributed by atoms with van der Waals surface area (Å²) in [5.74, 6) is -2.62. The molecule has 0 saturated heterocycles. The fourth-order valence-corrected chi connectivity index (χ4v) is 0.661. The summed E-state index contributed by atoms with van der Waals surface area (Å²) in [5.41, 5.74) is 0.729. The number of rotatable bonds is 3. The highest BCUT2D eigenvalue weighted by Gasteiger charge is 2.01. The molecule has 0 aliphatic heterocycles. The number of aliphatic carboxylic acids is 2. The van der Waals surface area contributed by atoms with Gasteiger partial charge >= 0.3 is 11.9 Å². The number of carboxylic acids is 2. The molecule has 5 nitrogen and oxygen atoms in total. The van der Waals surface area contributed by atoms with E-state index in [-0.39, 0.29) is 0 Å². The molecule has 15 heavy (non-hydrogen) atoms. The normalized spacial score (nSPS) is 8.27. The van der Waals surface area contributed by atoms with E-state index >= 15 is 0 Å². The number of hydrogen-bond acceptors (Lipinski definition) is 3. The van der Waals surface area contributed by atoms with Gasteiger partial charge in [-0.1, -0.05) is 30.3 Å². The number of carbonyl (C=O) groups is 3. The molecule has 5 heteroatoms. The van der Waals surface area contributed by atoms with Crippen LogP contribution in [0.5, 0.6) is 0 Å². The van der Waals surface area contributed by atoms with Crippen LogP contribution < -0.4 is 0 Å². The van der Waals surface area contributed by atoms with Crippen molar-refractivity contribution in [1.82, 2.24) is 0 Å². The molecule has 0 atom stereocenters. The van der Waals surface area contributed by atoms with Gasteiger partial charge in [-0.2, -0.15) is 0 Å². The number of carboxylic acid groups (broad SMARTS) is 2. The molecule has 0 radical (unpaired) electrons. The van der Waals surface area contributed by atoms with Crippen molar-refractivity contribution in [2.24, 2.45) is 0 Å². The minimum Gasteiger partial charge on any atom is -0.481 e. The van der Waals surface area contributed by atoms with Crippen LogP contribution in [-0.4, -0.2) is 28.4 Å². The predicted molar refractivity (Wildman–Crippen MR) is 51.7 cm³/mol. The van der Waals surface area contributed by atoms with E-state index < -0.39 is 18.4 Å². The highest BCUT2D eigenvalue weighted by atomic mass is 16.4. The van der Waals surface area contributed by atoms with Crippen LogP contribution in [0, 0.1) is 0 Å². The molecule has 0 heterocycles. The van der Waals surface area contributed by atoms with Crippen molar-refractivity contribution in [3.63, 3.8) is 0 Å². The topological polar surface area (TPSA) is 91.7 Å². The van der Waals surface area contributed by atoms with Crippen LogP contribution in [0.3, 0.4) is 0 Å². The van der Waals surface area contributed by atoms with E-state index in [0.29, 0.717) is 0 Å². The number of aldehydes is 1. The molecule has 0 saturated carbocycles. The Morgan fingerprint density at radius 3 is 1.73 bits per heavy atom. The summed E-state index contributed by atoms with van der Waals surface area (Å²) in [6, 6.07) is 9.10. The first-order chi connectivity index (χ1) is 7.06. The summed E-state index contributed by atoms with van der Waals surface area (Å²) in [4.78, 5) is 28.9. The molecular formula is C10H10O5. The molecule has 0 aliphatic carbocycles. The van der Waals surface area contributed by atoms with E-state index in [1.54, 1.807) is 12.1 Å². The summed E-state index contributed by atoms with van der Waals surface area (Å²) in [5, 5.41) is 15.4. The Labute approximate surface area is 86.0 Å². The molecule has 2 N–H and O–H groups in total. The summed E-state index contributed by atoms with van der Waals surface area (Å²) < 4.78 is 0. The number of hydrogen-bond donors (Lipinski definition) is 2. The minimum atomic E-state index is -1.31. The van der Waals surface area contributed by atoms with Gasteiger partial charge in [0.05, 0.1) is 0 Å². The predicted octanol–water partition coefficient (Wildman–Crippen LogP) is 1.04. The molecule has 1 aromatic rings. The molecule has 0 bridgehead atoms. The van der Waals surface area contributed by atoms with Crippen LogP contribution in [-0.2, 0) is 9.59 Å². The van der Waals surface area contributed by atoms with Crippen molar-refractivity contribution in [1.29, 1.82) is 0 Å². The molecule has 1 aromatic carbocycles. The fourth-order valence-electron chi connectivity index (χ4n) is 0.661. The van der Waals surface area contributed by atoms with Crippen LogP contribution in [0.1, 0.15) is 16.8 Å². The molecule has 0 aliphatic rings. The maximum atomic E-state index is 10.0. The van der Waals surface area contributed by atoms with E-state index in [4.69, 9.17) is 10.2 Å². The third kappa shape index (κ3) is 8.17. The van der Waals surface area contributed by atoms with Gasteiger partial charge in [-0.3, -0.25) is 14.4 Å². The Hall–Kier alpha value is -2.17.